The van der Waals surface area contributed by atoms with Gasteiger partial charge < -0.3 is 15.0 Å². The number of carbonyl (C=O) groups excluding carboxylic acids is 1. The first kappa shape index (κ1) is 21.4. The molecule has 2 N–H and O–H groups in total. The molecule has 33 heavy (non-hydrogen) atoms. The summed E-state index contributed by atoms with van der Waals surface area (Å²) in [5.74, 6) is 0.355. The number of ether oxygens (including phenoxy) is 1. The molecule has 5 rings (SSSR count). The van der Waals surface area contributed by atoms with Crippen LogP contribution in [-0.4, -0.2) is 17.6 Å². The number of hydrogen-bond acceptors (Lipinski definition) is 2. The molecule has 1 heterocycles. The minimum Gasteiger partial charge on any atom is -0.497 e. The van der Waals surface area contributed by atoms with Crippen LogP contribution in [0.4, 0.5) is 0 Å². The summed E-state index contributed by atoms with van der Waals surface area (Å²) in [6.45, 7) is 0.561. The normalized spacial score (nSPS) is 11.2. The first-order valence-corrected chi connectivity index (χ1v) is 11.1. The number of rotatable bonds is 5. The third-order valence-electron chi connectivity index (χ3n) is 5.90. The number of benzene rings is 4. The molecule has 0 aliphatic heterocycles. The minimum atomic E-state index is -0.451. The largest absolute Gasteiger partial charge is 0.497 e. The highest BCUT2D eigenvalue weighted by Crippen LogP contribution is 2.35. The highest BCUT2D eigenvalue weighted by molar-refractivity contribution is 6.42. The molecule has 0 radical (unpaired) electrons. The molecule has 4 aromatic carbocycles. The van der Waals surface area contributed by atoms with Crippen LogP contribution >= 0.6 is 23.2 Å². The Morgan fingerprint density at radius 2 is 1.64 bits per heavy atom. The molecule has 0 bridgehead atoms. The van der Waals surface area contributed by atoms with Gasteiger partial charge in [0, 0.05) is 22.9 Å². The molecule has 1 aromatic heterocycles. The van der Waals surface area contributed by atoms with Crippen LogP contribution in [0.25, 0.3) is 32.9 Å². The van der Waals surface area contributed by atoms with Crippen LogP contribution in [0, 0.1) is 0 Å². The summed E-state index contributed by atoms with van der Waals surface area (Å²) in [5.41, 5.74) is 11.3. The van der Waals surface area contributed by atoms with E-state index in [1.54, 1.807) is 19.2 Å². The number of fused-ring (bicyclic) bond motifs is 3. The number of aromatic nitrogens is 1. The Kier molecular flexibility index (Phi) is 5.49. The van der Waals surface area contributed by atoms with E-state index < -0.39 is 5.91 Å². The summed E-state index contributed by atoms with van der Waals surface area (Å²) in [6, 6.07) is 25.4. The average Bonchev–Trinajstić information content (AvgIpc) is 3.14. The predicted octanol–water partition coefficient (Wildman–Crippen LogP) is 6.92. The molecule has 5 aromatic rings. The molecule has 0 aliphatic rings. The van der Waals surface area contributed by atoms with E-state index in [0.717, 1.165) is 44.2 Å². The molecule has 1 amide bonds. The molecule has 0 fully saturated rings. The van der Waals surface area contributed by atoms with Gasteiger partial charge in [-0.05, 0) is 59.2 Å². The number of halogens is 2. The Bertz CT molecular complexity index is 1520. The van der Waals surface area contributed by atoms with Crippen molar-refractivity contribution in [1.29, 1.82) is 0 Å². The zero-order chi connectivity index (χ0) is 23.1. The van der Waals surface area contributed by atoms with Crippen molar-refractivity contribution in [3.05, 3.63) is 100 Å². The summed E-state index contributed by atoms with van der Waals surface area (Å²) in [6.07, 6.45) is 0. The summed E-state index contributed by atoms with van der Waals surface area (Å²) in [7, 11) is 1.65. The lowest BCUT2D eigenvalue weighted by molar-refractivity contribution is 0.100. The van der Waals surface area contributed by atoms with Crippen LogP contribution in [0.1, 0.15) is 15.9 Å². The van der Waals surface area contributed by atoms with Crippen LogP contribution in [-0.2, 0) is 6.54 Å². The maximum Gasteiger partial charge on any atom is 0.249 e. The van der Waals surface area contributed by atoms with Crippen LogP contribution in [0.2, 0.25) is 10.0 Å². The Balaban J connectivity index is 1.76. The van der Waals surface area contributed by atoms with Crippen molar-refractivity contribution in [2.75, 3.05) is 7.11 Å². The number of nitrogens with two attached hydrogens (primary N) is 1. The van der Waals surface area contributed by atoms with Crippen LogP contribution < -0.4 is 10.5 Å². The zero-order valence-corrected chi connectivity index (χ0v) is 19.3. The molecule has 0 unspecified atom stereocenters. The van der Waals surface area contributed by atoms with Gasteiger partial charge in [-0.3, -0.25) is 4.79 Å². The van der Waals surface area contributed by atoms with E-state index in [2.05, 4.69) is 22.8 Å². The molecular weight excluding hydrogens is 455 g/mol. The Labute approximate surface area is 201 Å². The van der Waals surface area contributed by atoms with Crippen molar-refractivity contribution in [3.8, 4) is 16.9 Å². The first-order chi connectivity index (χ1) is 16.0. The molecule has 0 aliphatic carbocycles. The summed E-state index contributed by atoms with van der Waals surface area (Å²) in [4.78, 5) is 12.2. The monoisotopic (exact) mass is 474 g/mol. The minimum absolute atomic E-state index is 0.451. The Morgan fingerprint density at radius 1 is 0.879 bits per heavy atom. The predicted molar refractivity (Wildman–Crippen MR) is 136 cm³/mol. The lowest BCUT2D eigenvalue weighted by Crippen LogP contribution is -2.11. The van der Waals surface area contributed by atoms with Crippen molar-refractivity contribution in [1.82, 2.24) is 4.57 Å². The van der Waals surface area contributed by atoms with Gasteiger partial charge in [0.05, 0.1) is 28.2 Å². The molecule has 6 heteroatoms. The quantitative estimate of drug-likeness (QED) is 0.300. The third kappa shape index (κ3) is 3.82. The number of methoxy groups -OCH3 is 1. The van der Waals surface area contributed by atoms with Crippen LogP contribution in [0.5, 0.6) is 5.75 Å². The maximum atomic E-state index is 12.2. The highest BCUT2D eigenvalue weighted by atomic mass is 35.5. The van der Waals surface area contributed by atoms with Crippen LogP contribution in [0.3, 0.4) is 0 Å². The van der Waals surface area contributed by atoms with E-state index >= 15 is 0 Å². The first-order valence-electron chi connectivity index (χ1n) is 10.4. The van der Waals surface area contributed by atoms with E-state index in [1.165, 1.54) is 0 Å². The standard InChI is InChI=1S/C27H20Cl2N2O2/c1-33-19-9-6-17(7-10-19)18-8-11-20-25(14-18)31(15-16-5-12-22(28)23(29)13-16)24-4-2-3-21(26(20)24)27(30)32/h2-14H,15H2,1H3,(H2,30,32). The van der Waals surface area contributed by atoms with Gasteiger partial charge in [-0.15, -0.1) is 0 Å². The van der Waals surface area contributed by atoms with Crippen LogP contribution in [0.15, 0.2) is 78.9 Å². The SMILES string of the molecule is COc1ccc(-c2ccc3c4c(C(N)=O)cccc4n(Cc4ccc(Cl)c(Cl)c4)c3c2)cc1. The number of nitrogens with zero attached hydrogens (tertiary/aromatic N) is 1. The third-order valence-corrected chi connectivity index (χ3v) is 6.64. The number of hydrogen-bond donors (Lipinski definition) is 1. The lowest BCUT2D eigenvalue weighted by atomic mass is 10.0. The van der Waals surface area contributed by atoms with Gasteiger partial charge in [-0.1, -0.05) is 59.6 Å². The molecule has 0 saturated heterocycles. The van der Waals surface area contributed by atoms with Crippen molar-refractivity contribution >= 4 is 50.9 Å². The Hall–Kier alpha value is -3.47. The van der Waals surface area contributed by atoms with E-state index in [1.807, 2.05) is 48.5 Å². The van der Waals surface area contributed by atoms with Crippen molar-refractivity contribution in [2.24, 2.45) is 5.73 Å². The highest BCUT2D eigenvalue weighted by Gasteiger charge is 2.17. The van der Waals surface area contributed by atoms with Gasteiger partial charge in [-0.25, -0.2) is 0 Å². The molecule has 0 spiro atoms. The number of amides is 1. The van der Waals surface area contributed by atoms with Crippen molar-refractivity contribution in [2.45, 2.75) is 6.54 Å². The summed E-state index contributed by atoms with van der Waals surface area (Å²) < 4.78 is 7.47. The number of primary amides is 1. The smallest absolute Gasteiger partial charge is 0.249 e. The Morgan fingerprint density at radius 3 is 2.33 bits per heavy atom. The number of carbonyl (C=O) groups is 1. The second-order valence-corrected chi connectivity index (χ2v) is 8.67. The fraction of sp³-hybridized carbons (Fsp3) is 0.0741. The molecule has 164 valence electrons. The molecule has 0 saturated carbocycles. The van der Waals surface area contributed by atoms with Gasteiger partial charge >= 0.3 is 0 Å². The topological polar surface area (TPSA) is 57.2 Å². The van der Waals surface area contributed by atoms with E-state index in [-0.39, 0.29) is 0 Å². The van der Waals surface area contributed by atoms with Crippen molar-refractivity contribution < 1.29 is 9.53 Å². The van der Waals surface area contributed by atoms with Gasteiger partial charge in [0.2, 0.25) is 5.91 Å². The van der Waals surface area contributed by atoms with E-state index in [9.17, 15) is 4.79 Å². The van der Waals surface area contributed by atoms with Gasteiger partial charge in [0.25, 0.3) is 0 Å². The molecule has 0 atom stereocenters. The zero-order valence-electron chi connectivity index (χ0n) is 17.8. The molecule has 4 nitrogen and oxygen atoms in total. The van der Waals surface area contributed by atoms with Gasteiger partial charge in [0.15, 0.2) is 0 Å². The summed E-state index contributed by atoms with van der Waals surface area (Å²) in [5, 5.41) is 2.84. The van der Waals surface area contributed by atoms with Gasteiger partial charge in [0.1, 0.15) is 5.75 Å². The lowest BCUT2D eigenvalue weighted by Gasteiger charge is -2.10. The average molecular weight is 475 g/mol. The summed E-state index contributed by atoms with van der Waals surface area (Å²) >= 11 is 12.4. The van der Waals surface area contributed by atoms with E-state index in [0.29, 0.717) is 22.2 Å². The second kappa shape index (κ2) is 8.47. The van der Waals surface area contributed by atoms with Gasteiger partial charge in [-0.2, -0.15) is 0 Å². The van der Waals surface area contributed by atoms with Crippen molar-refractivity contribution in [3.63, 3.8) is 0 Å². The second-order valence-electron chi connectivity index (χ2n) is 7.86. The van der Waals surface area contributed by atoms with E-state index in [4.69, 9.17) is 33.7 Å². The fourth-order valence-corrected chi connectivity index (χ4v) is 4.62. The molecular formula is C27H20Cl2N2O2. The maximum absolute atomic E-state index is 12.2. The fourth-order valence-electron chi connectivity index (χ4n) is 4.30.